The first-order valence-electron chi connectivity index (χ1n) is 13.3. The Balaban J connectivity index is 1.62. The Hall–Kier alpha value is -1.09. The molecule has 0 radical (unpaired) electrons. The quantitative estimate of drug-likeness (QED) is 0.494. The molecule has 9 atom stereocenters. The van der Waals surface area contributed by atoms with Gasteiger partial charge in [-0.2, -0.15) is 0 Å². The van der Waals surface area contributed by atoms with E-state index in [9.17, 15) is 9.90 Å². The molecule has 0 aromatic heterocycles. The van der Waals surface area contributed by atoms with Crippen molar-refractivity contribution in [2.45, 2.75) is 99.0 Å². The SMILES string of the molecule is CC(C)[C@@H](C)/C=C/[C@@H](C)[C@H]1CC[C@H]2C3=CC[C@@]4(C(N)=O)C[C@@H](O)CC[C@]4(C)C3CC[C@]12C. The van der Waals surface area contributed by atoms with E-state index < -0.39 is 11.5 Å². The third kappa shape index (κ3) is 3.44. The molecule has 3 nitrogen and oxygen atoms in total. The second kappa shape index (κ2) is 8.29. The van der Waals surface area contributed by atoms with Crippen molar-refractivity contribution in [3.63, 3.8) is 0 Å². The predicted octanol–water partition coefficient (Wildman–Crippen LogP) is 6.27. The number of carbonyl (C=O) groups excluding carboxylic acids is 1. The lowest BCUT2D eigenvalue weighted by atomic mass is 9.42. The number of allylic oxidation sites excluding steroid dienone is 4. The molecular formula is C29H47NO2. The smallest absolute Gasteiger partial charge is 0.224 e. The van der Waals surface area contributed by atoms with Gasteiger partial charge in [-0.1, -0.05) is 65.3 Å². The first-order valence-corrected chi connectivity index (χ1v) is 13.3. The lowest BCUT2D eigenvalue weighted by Crippen LogP contribution is -2.60. The van der Waals surface area contributed by atoms with Crippen molar-refractivity contribution in [3.8, 4) is 0 Å². The number of hydrogen-bond donors (Lipinski definition) is 2. The van der Waals surface area contributed by atoms with Gasteiger partial charge in [0.05, 0.1) is 11.5 Å². The fourth-order valence-electron chi connectivity index (χ4n) is 8.62. The molecule has 4 aliphatic carbocycles. The van der Waals surface area contributed by atoms with E-state index in [-0.39, 0.29) is 11.3 Å². The van der Waals surface area contributed by atoms with Gasteiger partial charge in [0.2, 0.25) is 5.91 Å². The maximum Gasteiger partial charge on any atom is 0.224 e. The van der Waals surface area contributed by atoms with Crippen LogP contribution >= 0.6 is 0 Å². The number of hydrogen-bond acceptors (Lipinski definition) is 2. The molecule has 4 rings (SSSR count). The van der Waals surface area contributed by atoms with Crippen molar-refractivity contribution < 1.29 is 9.90 Å². The zero-order valence-corrected chi connectivity index (χ0v) is 21.4. The largest absolute Gasteiger partial charge is 0.393 e. The zero-order chi connectivity index (χ0) is 23.5. The van der Waals surface area contributed by atoms with Crippen LogP contribution in [0.1, 0.15) is 92.9 Å². The number of aliphatic hydroxyl groups excluding tert-OH is 1. The van der Waals surface area contributed by atoms with Crippen molar-refractivity contribution in [2.24, 2.45) is 57.5 Å². The molecule has 180 valence electrons. The predicted molar refractivity (Wildman–Crippen MR) is 132 cm³/mol. The topological polar surface area (TPSA) is 63.3 Å². The molecule has 0 aromatic carbocycles. The van der Waals surface area contributed by atoms with Gasteiger partial charge in [-0.15, -0.1) is 0 Å². The molecule has 0 spiro atoms. The minimum absolute atomic E-state index is 0.111. The average molecular weight is 442 g/mol. The Labute approximate surface area is 196 Å². The maximum atomic E-state index is 12.8. The van der Waals surface area contributed by atoms with Crippen molar-refractivity contribution >= 4 is 5.91 Å². The lowest BCUT2D eigenvalue weighted by molar-refractivity contribution is -0.155. The van der Waals surface area contributed by atoms with Gasteiger partial charge < -0.3 is 10.8 Å². The summed E-state index contributed by atoms with van der Waals surface area (Å²) >= 11 is 0. The first kappa shape index (κ1) is 24.0. The molecule has 32 heavy (non-hydrogen) atoms. The van der Waals surface area contributed by atoms with Crippen molar-refractivity contribution in [3.05, 3.63) is 23.8 Å². The fourth-order valence-corrected chi connectivity index (χ4v) is 8.62. The van der Waals surface area contributed by atoms with Gasteiger partial charge in [0.15, 0.2) is 0 Å². The summed E-state index contributed by atoms with van der Waals surface area (Å²) in [7, 11) is 0. The number of primary amides is 1. The van der Waals surface area contributed by atoms with Crippen LogP contribution in [0, 0.1) is 51.8 Å². The molecule has 3 N–H and O–H groups in total. The van der Waals surface area contributed by atoms with Gasteiger partial charge in [0.25, 0.3) is 0 Å². The Morgan fingerprint density at radius 1 is 1.06 bits per heavy atom. The molecule has 3 heteroatoms. The van der Waals surface area contributed by atoms with E-state index in [0.29, 0.717) is 41.4 Å². The Morgan fingerprint density at radius 3 is 2.44 bits per heavy atom. The van der Waals surface area contributed by atoms with E-state index in [1.54, 1.807) is 5.57 Å². The number of rotatable bonds is 5. The summed E-state index contributed by atoms with van der Waals surface area (Å²) in [5.74, 6) is 3.55. The summed E-state index contributed by atoms with van der Waals surface area (Å²) in [6.07, 6.45) is 15.0. The number of amides is 1. The summed E-state index contributed by atoms with van der Waals surface area (Å²) in [5, 5.41) is 10.4. The van der Waals surface area contributed by atoms with E-state index >= 15 is 0 Å². The van der Waals surface area contributed by atoms with E-state index in [0.717, 1.165) is 31.6 Å². The van der Waals surface area contributed by atoms with E-state index in [1.807, 2.05) is 0 Å². The van der Waals surface area contributed by atoms with Crippen LogP contribution in [0.4, 0.5) is 0 Å². The minimum Gasteiger partial charge on any atom is -0.393 e. The molecule has 0 aromatic rings. The standard InChI is InChI=1S/C29H47NO2/c1-18(2)19(3)7-8-20(4)23-9-10-24-22-12-16-29(26(30)32)17-21(31)11-15-28(29,6)25(22)13-14-27(23,24)5/h7-8,12,18-21,23-25,31H,9-11,13-17H2,1-6H3,(H2,30,32)/b8-7+/t19-,20+,21-,23+,24-,25?,27+,28+,29-/m0/s1. The minimum atomic E-state index is -0.576. The molecule has 4 aliphatic rings. The van der Waals surface area contributed by atoms with E-state index in [1.165, 1.54) is 19.3 Å². The third-order valence-corrected chi connectivity index (χ3v) is 11.2. The highest BCUT2D eigenvalue weighted by Crippen LogP contribution is 2.69. The summed E-state index contributed by atoms with van der Waals surface area (Å²) < 4.78 is 0. The van der Waals surface area contributed by atoms with Crippen LogP contribution in [0.3, 0.4) is 0 Å². The van der Waals surface area contributed by atoms with Gasteiger partial charge in [-0.3, -0.25) is 4.79 Å². The molecule has 0 aliphatic heterocycles. The second-order valence-corrected chi connectivity index (χ2v) is 12.8. The zero-order valence-electron chi connectivity index (χ0n) is 21.4. The normalized spacial score (nSPS) is 45.7. The lowest BCUT2D eigenvalue weighted by Gasteiger charge is -2.61. The highest BCUT2D eigenvalue weighted by Gasteiger charge is 2.64. The van der Waals surface area contributed by atoms with Gasteiger partial charge >= 0.3 is 0 Å². The number of aliphatic hydroxyl groups is 1. The van der Waals surface area contributed by atoms with Crippen LogP contribution in [0.2, 0.25) is 0 Å². The number of fused-ring (bicyclic) bond motifs is 5. The molecule has 1 amide bonds. The van der Waals surface area contributed by atoms with Crippen LogP contribution in [-0.2, 0) is 4.79 Å². The Bertz CT molecular complexity index is 799. The number of nitrogens with two attached hydrogens (primary N) is 1. The van der Waals surface area contributed by atoms with Crippen LogP contribution in [0.5, 0.6) is 0 Å². The van der Waals surface area contributed by atoms with Crippen LogP contribution < -0.4 is 5.73 Å². The monoisotopic (exact) mass is 441 g/mol. The first-order chi connectivity index (χ1) is 15.0. The molecule has 3 saturated carbocycles. The highest BCUT2D eigenvalue weighted by atomic mass is 16.3. The molecule has 0 bridgehead atoms. The molecule has 0 saturated heterocycles. The second-order valence-electron chi connectivity index (χ2n) is 12.8. The van der Waals surface area contributed by atoms with E-state index in [2.05, 4.69) is 59.8 Å². The average Bonchev–Trinajstić information content (AvgIpc) is 3.09. The fraction of sp³-hybridized carbons (Fsp3) is 0.828. The summed E-state index contributed by atoms with van der Waals surface area (Å²) in [5.41, 5.74) is 7.38. The van der Waals surface area contributed by atoms with E-state index in [4.69, 9.17) is 5.73 Å². The number of carbonyl (C=O) groups is 1. The molecule has 0 heterocycles. The molecular weight excluding hydrogens is 394 g/mol. The summed E-state index contributed by atoms with van der Waals surface area (Å²) in [6, 6.07) is 0. The van der Waals surface area contributed by atoms with Gasteiger partial charge in [-0.05, 0) is 97.7 Å². The summed E-state index contributed by atoms with van der Waals surface area (Å²) in [6.45, 7) is 14.3. The van der Waals surface area contributed by atoms with Gasteiger partial charge in [0.1, 0.15) is 0 Å². The van der Waals surface area contributed by atoms with Crippen LogP contribution in [0.25, 0.3) is 0 Å². The third-order valence-electron chi connectivity index (χ3n) is 11.2. The maximum absolute atomic E-state index is 12.8. The van der Waals surface area contributed by atoms with Crippen LogP contribution in [0.15, 0.2) is 23.8 Å². The molecule has 1 unspecified atom stereocenters. The highest BCUT2D eigenvalue weighted by molar-refractivity contribution is 5.83. The van der Waals surface area contributed by atoms with Crippen molar-refractivity contribution in [1.29, 1.82) is 0 Å². The Morgan fingerprint density at radius 2 is 1.78 bits per heavy atom. The molecule has 3 fully saturated rings. The van der Waals surface area contributed by atoms with Crippen LogP contribution in [-0.4, -0.2) is 17.1 Å². The van der Waals surface area contributed by atoms with Crippen molar-refractivity contribution in [1.82, 2.24) is 0 Å². The van der Waals surface area contributed by atoms with Gasteiger partial charge in [-0.25, -0.2) is 0 Å². The van der Waals surface area contributed by atoms with Gasteiger partial charge in [0, 0.05) is 0 Å². The summed E-state index contributed by atoms with van der Waals surface area (Å²) in [4.78, 5) is 12.8. The van der Waals surface area contributed by atoms with Crippen molar-refractivity contribution in [2.75, 3.05) is 0 Å². The Kier molecular flexibility index (Phi) is 6.23.